The van der Waals surface area contributed by atoms with Gasteiger partial charge in [-0.3, -0.25) is 33.8 Å². The summed E-state index contributed by atoms with van der Waals surface area (Å²) in [6, 6.07) is -6.09. The number of carbonyl (C=O) groups is 7. The van der Waals surface area contributed by atoms with Gasteiger partial charge >= 0.3 is 5.97 Å². The van der Waals surface area contributed by atoms with Crippen LogP contribution in [0.15, 0.2) is 4.99 Å². The fraction of sp³-hybridized carbons (Fsp3) is 0.742. The van der Waals surface area contributed by atoms with Crippen molar-refractivity contribution in [3.8, 4) is 0 Å². The minimum Gasteiger partial charge on any atom is -0.480 e. The fourth-order valence-corrected chi connectivity index (χ4v) is 5.06. The molecule has 19 heteroatoms. The van der Waals surface area contributed by atoms with Crippen molar-refractivity contribution in [1.82, 2.24) is 37.2 Å². The number of guanidine groups is 1. The van der Waals surface area contributed by atoms with E-state index in [0.717, 1.165) is 13.0 Å². The molecule has 0 spiro atoms. The van der Waals surface area contributed by atoms with Crippen LogP contribution in [0.25, 0.3) is 0 Å². The molecule has 0 saturated carbocycles. The van der Waals surface area contributed by atoms with Crippen molar-refractivity contribution in [2.24, 2.45) is 34.0 Å². The minimum atomic E-state index is -1.30. The number of nitrogens with zero attached hydrogens (tertiary/aromatic N) is 1. The molecule has 19 nitrogen and oxygen atoms in total. The molecule has 1 aliphatic rings. The van der Waals surface area contributed by atoms with Gasteiger partial charge in [-0.2, -0.15) is 0 Å². The van der Waals surface area contributed by atoms with Crippen LogP contribution in [0.1, 0.15) is 73.1 Å². The van der Waals surface area contributed by atoms with E-state index in [2.05, 4.69) is 42.2 Å². The Balaban J connectivity index is 2.79. The Hall–Kier alpha value is -4.52. The van der Waals surface area contributed by atoms with Gasteiger partial charge in [-0.1, -0.05) is 27.7 Å². The van der Waals surface area contributed by atoms with Gasteiger partial charge in [0.2, 0.25) is 35.4 Å². The van der Waals surface area contributed by atoms with E-state index in [0.29, 0.717) is 12.8 Å². The van der Waals surface area contributed by atoms with E-state index in [4.69, 9.17) is 17.2 Å². The summed E-state index contributed by atoms with van der Waals surface area (Å²) >= 11 is 0. The van der Waals surface area contributed by atoms with Gasteiger partial charge in [0.1, 0.15) is 30.2 Å². The monoisotopic (exact) mass is 711 g/mol. The largest absolute Gasteiger partial charge is 0.480 e. The number of carboxylic acid groups (broad SMARTS) is 1. The number of carboxylic acids is 1. The first-order chi connectivity index (χ1) is 23.4. The molecular weight excluding hydrogens is 654 g/mol. The Morgan fingerprint density at radius 1 is 0.780 bits per heavy atom. The quantitative estimate of drug-likeness (QED) is 0.0296. The maximum atomic E-state index is 13.2. The van der Waals surface area contributed by atoms with E-state index in [1.165, 1.54) is 6.92 Å². The number of hydrogen-bond acceptors (Lipinski definition) is 10. The third-order valence-electron chi connectivity index (χ3n) is 7.68. The number of amides is 6. The van der Waals surface area contributed by atoms with Crippen molar-refractivity contribution in [1.29, 1.82) is 0 Å². The molecule has 6 amide bonds. The molecule has 0 aromatic carbocycles. The van der Waals surface area contributed by atoms with Gasteiger partial charge in [0, 0.05) is 13.1 Å². The molecule has 1 fully saturated rings. The maximum Gasteiger partial charge on any atom is 0.326 e. The van der Waals surface area contributed by atoms with Gasteiger partial charge in [-0.05, 0) is 63.8 Å². The van der Waals surface area contributed by atoms with Crippen LogP contribution in [0.3, 0.4) is 0 Å². The molecule has 6 atom stereocenters. The van der Waals surface area contributed by atoms with Crippen LogP contribution in [-0.4, -0.2) is 115 Å². The molecule has 1 rings (SSSR count). The smallest absolute Gasteiger partial charge is 0.326 e. The molecular formula is C31H57N11O8. The highest BCUT2D eigenvalue weighted by Gasteiger charge is 2.31. The first-order valence-corrected chi connectivity index (χ1v) is 16.9. The molecule has 0 aliphatic carbocycles. The summed E-state index contributed by atoms with van der Waals surface area (Å²) in [7, 11) is 0. The lowest BCUT2D eigenvalue weighted by atomic mass is 10.0. The van der Waals surface area contributed by atoms with Crippen molar-refractivity contribution in [2.75, 3.05) is 26.2 Å². The molecule has 284 valence electrons. The van der Waals surface area contributed by atoms with Crippen LogP contribution in [-0.2, 0) is 33.6 Å². The normalized spacial score (nSPS) is 17.0. The first kappa shape index (κ1) is 43.5. The Labute approximate surface area is 292 Å². The van der Waals surface area contributed by atoms with Crippen molar-refractivity contribution in [3.05, 3.63) is 0 Å². The fourth-order valence-electron chi connectivity index (χ4n) is 5.06. The third kappa shape index (κ3) is 16.7. The number of rotatable bonds is 22. The van der Waals surface area contributed by atoms with E-state index < -0.39 is 72.3 Å². The summed E-state index contributed by atoms with van der Waals surface area (Å²) < 4.78 is 0. The molecule has 0 aromatic heterocycles. The van der Waals surface area contributed by atoms with E-state index in [9.17, 15) is 38.7 Å². The molecule has 0 radical (unpaired) electrons. The Morgan fingerprint density at radius 3 is 1.88 bits per heavy atom. The van der Waals surface area contributed by atoms with Crippen LogP contribution in [0.4, 0.5) is 0 Å². The summed E-state index contributed by atoms with van der Waals surface area (Å²) in [6.07, 6.45) is 2.36. The van der Waals surface area contributed by atoms with Crippen LogP contribution >= 0.6 is 0 Å². The minimum absolute atomic E-state index is 0.0276. The van der Waals surface area contributed by atoms with Gasteiger partial charge in [0.25, 0.3) is 0 Å². The number of aliphatic carboxylic acids is 1. The lowest BCUT2D eigenvalue weighted by Gasteiger charge is -2.25. The van der Waals surface area contributed by atoms with Gasteiger partial charge in [-0.15, -0.1) is 0 Å². The third-order valence-corrected chi connectivity index (χ3v) is 7.68. The summed E-state index contributed by atoms with van der Waals surface area (Å²) in [6.45, 7) is 8.85. The molecule has 0 bridgehead atoms. The van der Waals surface area contributed by atoms with Crippen molar-refractivity contribution in [2.45, 2.75) is 109 Å². The SMILES string of the molecule is CC(C)C[C@H](NC(=O)CNC(=O)[C@H](CC(C)C)NC(=O)[C@@H]1CCCN1)C(=O)N[C@@H](CN)C(=O)N[C@@H](C)C(=O)N[C@@H](CCCN=C(N)N)C(=O)O. The Kier molecular flexibility index (Phi) is 19.4. The summed E-state index contributed by atoms with van der Waals surface area (Å²) in [4.78, 5) is 92.7. The molecule has 0 aromatic rings. The van der Waals surface area contributed by atoms with Crippen LogP contribution in [0, 0.1) is 11.8 Å². The van der Waals surface area contributed by atoms with Crippen LogP contribution < -0.4 is 54.4 Å². The maximum absolute atomic E-state index is 13.2. The van der Waals surface area contributed by atoms with Crippen molar-refractivity contribution in [3.63, 3.8) is 0 Å². The van der Waals surface area contributed by atoms with Gasteiger partial charge < -0.3 is 59.5 Å². The summed E-state index contributed by atoms with van der Waals surface area (Å²) in [5.74, 6) is -5.22. The molecule has 1 saturated heterocycles. The highest BCUT2D eigenvalue weighted by molar-refractivity contribution is 5.96. The second kappa shape index (κ2) is 22.2. The first-order valence-electron chi connectivity index (χ1n) is 16.9. The number of aliphatic imine (C=N–C) groups is 1. The highest BCUT2D eigenvalue weighted by atomic mass is 16.4. The van der Waals surface area contributed by atoms with Gasteiger partial charge in [0.15, 0.2) is 5.96 Å². The van der Waals surface area contributed by atoms with Crippen LogP contribution in [0.2, 0.25) is 0 Å². The average Bonchev–Trinajstić information content (AvgIpc) is 3.57. The standard InChI is InChI=1S/C31H57N11O8/c1-16(2)12-21(41-27(46)19-8-6-10-35-19)26(45)37-15-24(43)39-22(13-17(3)4)28(47)42-23(14-32)29(48)38-18(5)25(44)40-20(30(49)50)9-7-11-36-31(33)34/h16-23,35H,6-15,32H2,1-5H3,(H,37,45)(H,38,48)(H,39,43)(H,40,44)(H,41,46)(H,42,47)(H,49,50)(H4,33,34,36)/t18-,19-,20-,21-,22-,23-/m0/s1. The molecule has 0 unspecified atom stereocenters. The van der Waals surface area contributed by atoms with Gasteiger partial charge in [0.05, 0.1) is 12.6 Å². The summed E-state index contributed by atoms with van der Waals surface area (Å²) in [5, 5.41) is 27.7. The van der Waals surface area contributed by atoms with Gasteiger partial charge in [-0.25, -0.2) is 4.79 Å². The second-order valence-electron chi connectivity index (χ2n) is 13.2. The lowest BCUT2D eigenvalue weighted by Crippen LogP contribution is -2.59. The number of nitrogens with one attached hydrogen (secondary N) is 7. The number of carbonyl (C=O) groups excluding carboxylic acids is 6. The van der Waals surface area contributed by atoms with Crippen molar-refractivity contribution < 1.29 is 38.7 Å². The number of nitrogens with two attached hydrogens (primary N) is 3. The predicted octanol–water partition coefficient (Wildman–Crippen LogP) is -3.51. The second-order valence-corrected chi connectivity index (χ2v) is 13.2. The molecule has 1 heterocycles. The van der Waals surface area contributed by atoms with E-state index in [-0.39, 0.29) is 62.1 Å². The zero-order valence-electron chi connectivity index (χ0n) is 29.7. The van der Waals surface area contributed by atoms with Crippen molar-refractivity contribution >= 4 is 47.4 Å². The molecule has 50 heavy (non-hydrogen) atoms. The predicted molar refractivity (Wildman–Crippen MR) is 185 cm³/mol. The molecule has 14 N–H and O–H groups in total. The molecule has 1 aliphatic heterocycles. The van der Waals surface area contributed by atoms with E-state index >= 15 is 0 Å². The lowest BCUT2D eigenvalue weighted by molar-refractivity contribution is -0.142. The topological polar surface area (TPSA) is 314 Å². The Bertz CT molecular complexity index is 1200. The zero-order chi connectivity index (χ0) is 38.0. The van der Waals surface area contributed by atoms with E-state index in [1.54, 1.807) is 0 Å². The van der Waals surface area contributed by atoms with Crippen LogP contribution in [0.5, 0.6) is 0 Å². The van der Waals surface area contributed by atoms with E-state index in [1.807, 2.05) is 27.7 Å². The number of hydrogen-bond donors (Lipinski definition) is 11. The zero-order valence-corrected chi connectivity index (χ0v) is 29.7. The highest BCUT2D eigenvalue weighted by Crippen LogP contribution is 2.09. The summed E-state index contributed by atoms with van der Waals surface area (Å²) in [5.41, 5.74) is 16.3. The average molecular weight is 712 g/mol. The Morgan fingerprint density at radius 2 is 1.36 bits per heavy atom.